The minimum atomic E-state index is -4.51. The van der Waals surface area contributed by atoms with E-state index in [1.807, 2.05) is 0 Å². The van der Waals surface area contributed by atoms with Gasteiger partial charge in [0.25, 0.3) is 10.0 Å². The van der Waals surface area contributed by atoms with Crippen molar-refractivity contribution in [2.45, 2.75) is 42.4 Å². The Morgan fingerprint density at radius 3 is 2.49 bits per heavy atom. The number of ether oxygens (including phenoxy) is 3. The first-order chi connectivity index (χ1) is 17.7. The molecule has 8 nitrogen and oxygen atoms in total. The van der Waals surface area contributed by atoms with Crippen molar-refractivity contribution in [3.63, 3.8) is 0 Å². The van der Waals surface area contributed by atoms with Crippen LogP contribution >= 0.6 is 0 Å². The van der Waals surface area contributed by atoms with Crippen LogP contribution in [0, 0.1) is 0 Å². The average molecular weight is 536 g/mol. The average Bonchev–Trinajstić information content (AvgIpc) is 2.88. The zero-order valence-electron chi connectivity index (χ0n) is 19.6. The number of rotatable bonds is 6. The van der Waals surface area contributed by atoms with E-state index in [2.05, 4.69) is 14.7 Å². The van der Waals surface area contributed by atoms with Gasteiger partial charge >= 0.3 is 6.18 Å². The van der Waals surface area contributed by atoms with E-state index in [0.29, 0.717) is 49.4 Å². The molecule has 2 aromatic carbocycles. The van der Waals surface area contributed by atoms with Gasteiger partial charge < -0.3 is 14.2 Å². The summed E-state index contributed by atoms with van der Waals surface area (Å²) >= 11 is 0. The minimum Gasteiger partial charge on any atom is -0.493 e. The van der Waals surface area contributed by atoms with E-state index in [-0.39, 0.29) is 35.1 Å². The van der Waals surface area contributed by atoms with Crippen LogP contribution in [0.2, 0.25) is 0 Å². The first-order valence-electron chi connectivity index (χ1n) is 11.7. The summed E-state index contributed by atoms with van der Waals surface area (Å²) in [4.78, 5) is 7.61. The van der Waals surface area contributed by atoms with Crippen molar-refractivity contribution in [3.05, 3.63) is 71.7 Å². The maximum absolute atomic E-state index is 13.5. The molecular formula is C25H24F3N3O5S. The molecule has 1 N–H and O–H groups in total. The van der Waals surface area contributed by atoms with Gasteiger partial charge in [-0.05, 0) is 30.7 Å². The molecule has 5 rings (SSSR count). The van der Waals surface area contributed by atoms with Gasteiger partial charge in [0.2, 0.25) is 0 Å². The van der Waals surface area contributed by atoms with E-state index >= 15 is 0 Å². The normalized spacial score (nSPS) is 18.5. The molecule has 1 unspecified atom stereocenters. The number of sulfonamides is 1. The molecule has 1 saturated heterocycles. The SMILES string of the molecule is O=S(=O)(Nc1ccncn1)c1ccc2c(c1)OCCC2c1ccc(C(F)(F)F)cc1OC1CCOCC1. The Morgan fingerprint density at radius 2 is 1.76 bits per heavy atom. The monoisotopic (exact) mass is 535 g/mol. The van der Waals surface area contributed by atoms with E-state index in [4.69, 9.17) is 14.2 Å². The fraction of sp³-hybridized carbons (Fsp3) is 0.360. The van der Waals surface area contributed by atoms with Gasteiger partial charge in [0.05, 0.1) is 30.3 Å². The number of fused-ring (bicyclic) bond motifs is 1. The lowest BCUT2D eigenvalue weighted by Gasteiger charge is -2.30. The topological polar surface area (TPSA) is 99.6 Å². The summed E-state index contributed by atoms with van der Waals surface area (Å²) in [7, 11) is -3.96. The standard InChI is InChI=1S/C25H24F3N3O5S/c26-25(27,28)16-1-3-21(23(13-16)36-17-6-10-34-11-7-17)19-8-12-35-22-14-18(2-4-20(19)22)37(32,33)31-24-5-9-29-15-30-24/h1-5,9,13-15,17,19H,6-8,10-12H2,(H,29,30,31). The van der Waals surface area contributed by atoms with Crippen LogP contribution in [0.15, 0.2) is 59.9 Å². The fourth-order valence-electron chi connectivity index (χ4n) is 4.48. The molecule has 1 atom stereocenters. The molecule has 3 aromatic rings. The molecule has 196 valence electrons. The lowest BCUT2D eigenvalue weighted by atomic mass is 9.85. The minimum absolute atomic E-state index is 0.0309. The highest BCUT2D eigenvalue weighted by molar-refractivity contribution is 7.92. The van der Waals surface area contributed by atoms with Gasteiger partial charge in [-0.3, -0.25) is 4.72 Å². The van der Waals surface area contributed by atoms with Gasteiger partial charge in [0.15, 0.2) is 0 Å². The molecule has 37 heavy (non-hydrogen) atoms. The molecule has 2 aliphatic rings. The quantitative estimate of drug-likeness (QED) is 0.486. The van der Waals surface area contributed by atoms with Crippen LogP contribution in [0.5, 0.6) is 11.5 Å². The maximum atomic E-state index is 13.5. The number of alkyl halides is 3. The van der Waals surface area contributed by atoms with Crippen molar-refractivity contribution in [1.29, 1.82) is 0 Å². The van der Waals surface area contributed by atoms with Gasteiger partial charge in [-0.25, -0.2) is 18.4 Å². The third kappa shape index (κ3) is 5.64. The fourth-order valence-corrected chi connectivity index (χ4v) is 5.50. The number of hydrogen-bond donors (Lipinski definition) is 1. The third-order valence-corrected chi connectivity index (χ3v) is 7.69. The molecule has 0 bridgehead atoms. The Kier molecular flexibility index (Phi) is 6.95. The van der Waals surface area contributed by atoms with E-state index in [1.165, 1.54) is 36.8 Å². The van der Waals surface area contributed by atoms with Crippen LogP contribution in [0.3, 0.4) is 0 Å². The largest absolute Gasteiger partial charge is 0.493 e. The zero-order valence-corrected chi connectivity index (χ0v) is 20.4. The highest BCUT2D eigenvalue weighted by atomic mass is 32.2. The van der Waals surface area contributed by atoms with Gasteiger partial charge in [-0.15, -0.1) is 0 Å². The molecule has 1 aromatic heterocycles. The zero-order chi connectivity index (χ0) is 26.0. The van der Waals surface area contributed by atoms with Crippen LogP contribution < -0.4 is 14.2 Å². The predicted octanol–water partition coefficient (Wildman–Crippen LogP) is 4.77. The Bertz CT molecular complexity index is 1360. The van der Waals surface area contributed by atoms with Crippen LogP contribution in [0.1, 0.15) is 41.9 Å². The predicted molar refractivity (Wildman–Crippen MR) is 127 cm³/mol. The Morgan fingerprint density at radius 1 is 0.973 bits per heavy atom. The highest BCUT2D eigenvalue weighted by Crippen LogP contribution is 2.44. The van der Waals surface area contributed by atoms with E-state index in [9.17, 15) is 21.6 Å². The van der Waals surface area contributed by atoms with E-state index < -0.39 is 21.8 Å². The van der Waals surface area contributed by atoms with Gasteiger partial charge in [-0.1, -0.05) is 12.1 Å². The number of nitrogens with one attached hydrogen (secondary N) is 1. The molecular weight excluding hydrogens is 511 g/mol. The third-order valence-electron chi connectivity index (χ3n) is 6.33. The van der Waals surface area contributed by atoms with Crippen molar-refractivity contribution in [1.82, 2.24) is 9.97 Å². The second-order valence-electron chi connectivity index (χ2n) is 8.77. The second kappa shape index (κ2) is 10.2. The summed E-state index contributed by atoms with van der Waals surface area (Å²) in [5, 5.41) is 0. The van der Waals surface area contributed by atoms with Gasteiger partial charge in [0.1, 0.15) is 29.7 Å². The summed E-state index contributed by atoms with van der Waals surface area (Å²) in [5.74, 6) is 0.291. The van der Waals surface area contributed by atoms with E-state index in [1.54, 1.807) is 6.07 Å². The molecule has 0 aliphatic carbocycles. The second-order valence-corrected chi connectivity index (χ2v) is 10.5. The first kappa shape index (κ1) is 25.3. The number of hydrogen-bond acceptors (Lipinski definition) is 7. The molecule has 0 spiro atoms. The molecule has 3 heterocycles. The van der Waals surface area contributed by atoms with Crippen molar-refractivity contribution in [3.8, 4) is 11.5 Å². The van der Waals surface area contributed by atoms with Crippen molar-refractivity contribution < 1.29 is 35.8 Å². The Hall–Kier alpha value is -3.38. The summed E-state index contributed by atoms with van der Waals surface area (Å²) < 4.78 is 85.9. The number of aromatic nitrogens is 2. The van der Waals surface area contributed by atoms with Crippen LogP contribution in [0.4, 0.5) is 19.0 Å². The summed E-state index contributed by atoms with van der Waals surface area (Å²) in [6.45, 7) is 1.23. The maximum Gasteiger partial charge on any atom is 0.416 e. The Balaban J connectivity index is 1.48. The van der Waals surface area contributed by atoms with Crippen molar-refractivity contribution in [2.24, 2.45) is 0 Å². The van der Waals surface area contributed by atoms with Crippen molar-refractivity contribution >= 4 is 15.8 Å². The lowest BCUT2D eigenvalue weighted by Crippen LogP contribution is -2.27. The number of nitrogens with zero attached hydrogens (tertiary/aromatic N) is 2. The summed E-state index contributed by atoms with van der Waals surface area (Å²) in [6.07, 6.45) is -0.469. The highest BCUT2D eigenvalue weighted by Gasteiger charge is 2.34. The van der Waals surface area contributed by atoms with Crippen LogP contribution in [-0.4, -0.2) is 44.3 Å². The summed E-state index contributed by atoms with van der Waals surface area (Å²) in [6, 6.07) is 9.44. The summed E-state index contributed by atoms with van der Waals surface area (Å²) in [5.41, 5.74) is 0.477. The molecule has 12 heteroatoms. The van der Waals surface area contributed by atoms with Gasteiger partial charge in [-0.2, -0.15) is 13.2 Å². The molecule has 0 amide bonds. The smallest absolute Gasteiger partial charge is 0.416 e. The van der Waals surface area contributed by atoms with Crippen molar-refractivity contribution in [2.75, 3.05) is 24.5 Å². The van der Waals surface area contributed by atoms with Gasteiger partial charge in [0, 0.05) is 42.1 Å². The Labute approximate surface area is 211 Å². The molecule has 0 saturated carbocycles. The van der Waals surface area contributed by atoms with Crippen LogP contribution in [-0.2, 0) is 20.9 Å². The first-order valence-corrected chi connectivity index (χ1v) is 13.2. The van der Waals surface area contributed by atoms with Crippen LogP contribution in [0.25, 0.3) is 0 Å². The number of benzene rings is 2. The molecule has 2 aliphatic heterocycles. The molecule has 1 fully saturated rings. The van der Waals surface area contributed by atoms with E-state index in [0.717, 1.165) is 12.1 Å². The number of anilines is 1. The lowest BCUT2D eigenvalue weighted by molar-refractivity contribution is -0.137. The number of halogens is 3. The molecule has 0 radical (unpaired) electrons.